The summed E-state index contributed by atoms with van der Waals surface area (Å²) >= 11 is 8.56. The third-order valence-corrected chi connectivity index (χ3v) is 7.43. The summed E-state index contributed by atoms with van der Waals surface area (Å²) in [6.07, 6.45) is 6.68. The zero-order valence-corrected chi connectivity index (χ0v) is 20.2. The number of hydrogen-bond donors (Lipinski definition) is 0. The third-order valence-electron chi connectivity index (χ3n) is 4.84. The maximum atomic E-state index is 12.9. The Balaban J connectivity index is 1.74. The van der Waals surface area contributed by atoms with Crippen LogP contribution < -0.4 is 0 Å². The smallest absolute Gasteiger partial charge is 0.266 e. The van der Waals surface area contributed by atoms with Crippen LogP contribution in [0.1, 0.15) is 18.9 Å². The largest absolute Gasteiger partial charge is 0.289 e. The average molecular weight is 478 g/mol. The molecule has 1 amide bonds. The van der Waals surface area contributed by atoms with Gasteiger partial charge in [-0.1, -0.05) is 67.3 Å². The Morgan fingerprint density at radius 1 is 1.16 bits per heavy atom. The number of para-hydroxylation sites is 1. The molecule has 1 fully saturated rings. The summed E-state index contributed by atoms with van der Waals surface area (Å²) in [7, 11) is 0. The van der Waals surface area contributed by atoms with Crippen LogP contribution in [0.15, 0.2) is 83.2 Å². The molecule has 4 rings (SSSR count). The number of carbonyl (C=O) groups is 1. The van der Waals surface area contributed by atoms with Gasteiger partial charge in [0.1, 0.15) is 4.32 Å². The predicted molar refractivity (Wildman–Crippen MR) is 140 cm³/mol. The molecule has 0 atom stereocenters. The van der Waals surface area contributed by atoms with E-state index in [1.807, 2.05) is 59.0 Å². The molecule has 0 spiro atoms. The molecule has 7 heteroatoms. The Morgan fingerprint density at radius 3 is 2.59 bits per heavy atom. The molecule has 0 N–H and O–H groups in total. The van der Waals surface area contributed by atoms with Crippen LogP contribution >= 0.6 is 35.7 Å². The van der Waals surface area contributed by atoms with Crippen molar-refractivity contribution in [2.45, 2.75) is 18.2 Å². The molecule has 1 aliphatic rings. The van der Waals surface area contributed by atoms with Crippen LogP contribution in [-0.4, -0.2) is 37.2 Å². The summed E-state index contributed by atoms with van der Waals surface area (Å²) in [6, 6.07) is 18.4. The van der Waals surface area contributed by atoms with Crippen molar-refractivity contribution in [1.29, 1.82) is 0 Å². The first-order valence-electron chi connectivity index (χ1n) is 10.3. The molecule has 2 heterocycles. The number of nitrogens with zero attached hydrogens (tertiary/aromatic N) is 3. The van der Waals surface area contributed by atoms with E-state index in [4.69, 9.17) is 17.3 Å². The van der Waals surface area contributed by atoms with Gasteiger partial charge < -0.3 is 0 Å². The number of hydrogen-bond acceptors (Lipinski definition) is 5. The molecule has 0 bridgehead atoms. The van der Waals surface area contributed by atoms with E-state index in [9.17, 15) is 4.79 Å². The molecular weight excluding hydrogens is 454 g/mol. The van der Waals surface area contributed by atoms with E-state index in [-0.39, 0.29) is 5.91 Å². The quantitative estimate of drug-likeness (QED) is 0.162. The number of aromatic nitrogens is 2. The van der Waals surface area contributed by atoms with Crippen molar-refractivity contribution in [3.63, 3.8) is 0 Å². The highest BCUT2D eigenvalue weighted by molar-refractivity contribution is 8.26. The maximum Gasteiger partial charge on any atom is 0.266 e. The molecule has 162 valence electrons. The first-order chi connectivity index (χ1) is 15.6. The van der Waals surface area contributed by atoms with Crippen molar-refractivity contribution in [3.05, 3.63) is 83.9 Å². The van der Waals surface area contributed by atoms with Crippen LogP contribution in [0.3, 0.4) is 0 Å². The maximum absolute atomic E-state index is 12.9. The minimum absolute atomic E-state index is 0.0929. The molecule has 3 aromatic rings. The van der Waals surface area contributed by atoms with E-state index >= 15 is 0 Å². The standard InChI is InChI=1S/C25H23N3OS3/c1-3-14-27-24(29)22(32-25(27)30)16-19-17-28(20-8-6-5-7-9-20)26-23(19)18-10-12-21(13-11-18)31-15-4-2/h3,5-13,16-17H,1,4,14-15H2,2H3/b22-16-. The Kier molecular flexibility index (Phi) is 7.29. The Bertz CT molecular complexity index is 1170. The SMILES string of the molecule is C=CCN1C(=O)/C(=C/c2cn(-c3ccccc3)nc2-c2ccc(SCCC)cc2)SC1=S. The molecule has 0 aliphatic carbocycles. The third kappa shape index (κ3) is 4.90. The highest BCUT2D eigenvalue weighted by atomic mass is 32.2. The Labute approximate surface area is 202 Å². The molecule has 1 aromatic heterocycles. The van der Waals surface area contributed by atoms with Crippen molar-refractivity contribution in [2.24, 2.45) is 0 Å². The second-order valence-electron chi connectivity index (χ2n) is 7.17. The van der Waals surface area contributed by atoms with Crippen LogP contribution in [0.5, 0.6) is 0 Å². The minimum atomic E-state index is -0.0929. The number of rotatable bonds is 8. The van der Waals surface area contributed by atoms with Gasteiger partial charge in [-0.15, -0.1) is 18.3 Å². The molecule has 32 heavy (non-hydrogen) atoms. The lowest BCUT2D eigenvalue weighted by Gasteiger charge is -2.10. The molecular formula is C25H23N3OS3. The normalized spacial score (nSPS) is 15.0. The molecule has 0 saturated carbocycles. The highest BCUT2D eigenvalue weighted by Gasteiger charge is 2.31. The summed E-state index contributed by atoms with van der Waals surface area (Å²) in [5, 5.41) is 4.87. The van der Waals surface area contributed by atoms with E-state index in [2.05, 4.69) is 37.8 Å². The Morgan fingerprint density at radius 2 is 1.91 bits per heavy atom. The van der Waals surface area contributed by atoms with Gasteiger partial charge in [-0.3, -0.25) is 9.69 Å². The van der Waals surface area contributed by atoms with Crippen molar-refractivity contribution in [1.82, 2.24) is 14.7 Å². The van der Waals surface area contributed by atoms with E-state index < -0.39 is 0 Å². The van der Waals surface area contributed by atoms with Gasteiger partial charge in [0.25, 0.3) is 5.91 Å². The minimum Gasteiger partial charge on any atom is -0.289 e. The van der Waals surface area contributed by atoms with E-state index in [0.717, 1.165) is 34.7 Å². The lowest BCUT2D eigenvalue weighted by Crippen LogP contribution is -2.27. The second-order valence-corrected chi connectivity index (χ2v) is 10.0. The van der Waals surface area contributed by atoms with Gasteiger partial charge in [-0.2, -0.15) is 5.10 Å². The van der Waals surface area contributed by atoms with Crippen molar-refractivity contribution >= 4 is 52.0 Å². The van der Waals surface area contributed by atoms with Gasteiger partial charge in [0.15, 0.2) is 0 Å². The number of thioether (sulfide) groups is 2. The lowest BCUT2D eigenvalue weighted by atomic mass is 10.1. The summed E-state index contributed by atoms with van der Waals surface area (Å²) in [5.41, 5.74) is 3.67. The Hall–Kier alpha value is -2.61. The summed E-state index contributed by atoms with van der Waals surface area (Å²) in [4.78, 5) is 16.3. The van der Waals surface area contributed by atoms with Gasteiger partial charge in [-0.25, -0.2) is 4.68 Å². The lowest BCUT2D eigenvalue weighted by molar-refractivity contribution is -0.121. The van der Waals surface area contributed by atoms with E-state index in [1.54, 1.807) is 11.0 Å². The predicted octanol–water partition coefficient (Wildman–Crippen LogP) is 6.43. The van der Waals surface area contributed by atoms with Gasteiger partial charge >= 0.3 is 0 Å². The van der Waals surface area contributed by atoms with Crippen molar-refractivity contribution in [2.75, 3.05) is 12.3 Å². The first-order valence-corrected chi connectivity index (χ1v) is 12.6. The topological polar surface area (TPSA) is 38.1 Å². The second kappa shape index (κ2) is 10.3. The number of thiocarbonyl (C=S) groups is 1. The van der Waals surface area contributed by atoms with E-state index in [0.29, 0.717) is 15.8 Å². The first kappa shape index (κ1) is 22.6. The highest BCUT2D eigenvalue weighted by Crippen LogP contribution is 2.35. The molecule has 1 aliphatic heterocycles. The molecule has 4 nitrogen and oxygen atoms in total. The van der Waals surface area contributed by atoms with Crippen LogP contribution in [0.2, 0.25) is 0 Å². The molecule has 2 aromatic carbocycles. The fraction of sp³-hybridized carbons (Fsp3) is 0.160. The van der Waals surface area contributed by atoms with Crippen LogP contribution in [0, 0.1) is 0 Å². The zero-order valence-electron chi connectivity index (χ0n) is 17.7. The summed E-state index contributed by atoms with van der Waals surface area (Å²) in [6.45, 7) is 6.31. The summed E-state index contributed by atoms with van der Waals surface area (Å²) < 4.78 is 2.40. The number of carbonyl (C=O) groups excluding carboxylic acids is 1. The molecule has 0 unspecified atom stereocenters. The van der Waals surface area contributed by atoms with Crippen molar-refractivity contribution in [3.8, 4) is 16.9 Å². The van der Waals surface area contributed by atoms with Crippen LogP contribution in [0.4, 0.5) is 0 Å². The fourth-order valence-electron chi connectivity index (χ4n) is 3.29. The van der Waals surface area contributed by atoms with Gasteiger partial charge in [0.2, 0.25) is 0 Å². The summed E-state index contributed by atoms with van der Waals surface area (Å²) in [5.74, 6) is 1.00. The van der Waals surface area contributed by atoms with Crippen LogP contribution in [0.25, 0.3) is 23.0 Å². The van der Waals surface area contributed by atoms with Crippen LogP contribution in [-0.2, 0) is 4.79 Å². The molecule has 0 radical (unpaired) electrons. The van der Waals surface area contributed by atoms with Gasteiger partial charge in [0.05, 0.1) is 16.3 Å². The van der Waals surface area contributed by atoms with Crippen molar-refractivity contribution < 1.29 is 4.79 Å². The average Bonchev–Trinajstić information content (AvgIpc) is 3.35. The van der Waals surface area contributed by atoms with Gasteiger partial charge in [0, 0.05) is 28.8 Å². The fourth-order valence-corrected chi connectivity index (χ4v) is 5.32. The molecule has 1 saturated heterocycles. The number of benzene rings is 2. The monoisotopic (exact) mass is 477 g/mol. The van der Waals surface area contributed by atoms with Gasteiger partial charge in [-0.05, 0) is 42.5 Å². The number of amides is 1. The van der Waals surface area contributed by atoms with E-state index in [1.165, 1.54) is 16.7 Å². The zero-order chi connectivity index (χ0) is 22.5.